The summed E-state index contributed by atoms with van der Waals surface area (Å²) >= 11 is 0. The van der Waals surface area contributed by atoms with Crippen LogP contribution in [0.2, 0.25) is 0 Å². The number of likely N-dealkylation sites (tertiary alicyclic amines) is 1. The minimum atomic E-state index is -0.865. The van der Waals surface area contributed by atoms with Gasteiger partial charge < -0.3 is 10.6 Å². The van der Waals surface area contributed by atoms with Crippen LogP contribution in [0.1, 0.15) is 37.2 Å². The maximum atomic E-state index is 13.7. The fourth-order valence-electron chi connectivity index (χ4n) is 4.07. The number of halogens is 1. The molecule has 10 heteroatoms. The second kappa shape index (κ2) is 8.52. The number of hydrogen-bond donors (Lipinski definition) is 1. The van der Waals surface area contributed by atoms with Gasteiger partial charge in [-0.15, -0.1) is 0 Å². The number of piperidine rings is 1. The predicted molar refractivity (Wildman–Crippen MR) is 116 cm³/mol. The van der Waals surface area contributed by atoms with E-state index < -0.39 is 17.4 Å². The van der Waals surface area contributed by atoms with Crippen LogP contribution in [0.25, 0.3) is 22.6 Å². The van der Waals surface area contributed by atoms with Crippen LogP contribution in [0.4, 0.5) is 4.39 Å². The molecule has 1 aliphatic rings. The summed E-state index contributed by atoms with van der Waals surface area (Å²) in [6.07, 6.45) is 1.81. The highest BCUT2D eigenvalue weighted by molar-refractivity contribution is 6.02. The van der Waals surface area contributed by atoms with E-state index in [1.807, 2.05) is 0 Å². The molecular formula is C22H25FN6O3. The van der Waals surface area contributed by atoms with Gasteiger partial charge in [0.15, 0.2) is 17.2 Å². The zero-order valence-electron chi connectivity index (χ0n) is 18.0. The van der Waals surface area contributed by atoms with Crippen LogP contribution in [0.15, 0.2) is 29.1 Å². The van der Waals surface area contributed by atoms with Gasteiger partial charge in [0.05, 0.1) is 0 Å². The highest BCUT2D eigenvalue weighted by Crippen LogP contribution is 2.23. The molecule has 4 rings (SSSR count). The van der Waals surface area contributed by atoms with Crippen molar-refractivity contribution in [2.45, 2.75) is 39.8 Å². The van der Waals surface area contributed by atoms with Gasteiger partial charge in [-0.25, -0.2) is 19.2 Å². The van der Waals surface area contributed by atoms with E-state index in [1.54, 1.807) is 17.9 Å². The molecule has 1 saturated heterocycles. The largest absolute Gasteiger partial charge is 0.364 e. The molecule has 1 aliphatic heterocycles. The average molecular weight is 440 g/mol. The third-order valence-corrected chi connectivity index (χ3v) is 5.92. The second-order valence-electron chi connectivity index (χ2n) is 8.12. The molecule has 32 heavy (non-hydrogen) atoms. The van der Waals surface area contributed by atoms with Gasteiger partial charge in [0.1, 0.15) is 17.9 Å². The lowest BCUT2D eigenvalue weighted by molar-refractivity contribution is -0.133. The zero-order valence-corrected chi connectivity index (χ0v) is 18.0. The van der Waals surface area contributed by atoms with Crippen LogP contribution >= 0.6 is 0 Å². The molecule has 168 valence electrons. The molecule has 0 radical (unpaired) electrons. The molecule has 0 unspecified atom stereocenters. The Labute approximate surface area is 183 Å². The molecule has 0 spiro atoms. The molecule has 2 aromatic heterocycles. The van der Waals surface area contributed by atoms with Gasteiger partial charge in [-0.3, -0.25) is 18.7 Å². The molecule has 2 N–H and O–H groups in total. The van der Waals surface area contributed by atoms with Gasteiger partial charge in [0, 0.05) is 25.2 Å². The first-order valence-corrected chi connectivity index (χ1v) is 10.6. The summed E-state index contributed by atoms with van der Waals surface area (Å²) in [5.41, 5.74) is 5.57. The first-order valence-electron chi connectivity index (χ1n) is 10.6. The van der Waals surface area contributed by atoms with Crippen LogP contribution in [0, 0.1) is 11.7 Å². The summed E-state index contributed by atoms with van der Waals surface area (Å²) in [6, 6.07) is 5.61. The van der Waals surface area contributed by atoms with E-state index in [9.17, 15) is 18.8 Å². The van der Waals surface area contributed by atoms with Crippen LogP contribution in [-0.4, -0.2) is 48.9 Å². The van der Waals surface area contributed by atoms with Gasteiger partial charge in [-0.2, -0.15) is 0 Å². The Balaban J connectivity index is 1.85. The van der Waals surface area contributed by atoms with E-state index in [4.69, 9.17) is 5.73 Å². The maximum Gasteiger partial charge on any atom is 0.330 e. The predicted octanol–water partition coefficient (Wildman–Crippen LogP) is 1.78. The molecule has 1 aromatic carbocycles. The molecule has 2 amide bonds. The first-order chi connectivity index (χ1) is 15.3. The van der Waals surface area contributed by atoms with Crippen LogP contribution in [0.3, 0.4) is 0 Å². The number of fused-ring (bicyclic) bond motifs is 1. The number of nitrogens with zero attached hydrogens (tertiary/aromatic N) is 5. The lowest BCUT2D eigenvalue weighted by Gasteiger charge is -2.30. The van der Waals surface area contributed by atoms with Crippen LogP contribution in [-0.2, 0) is 17.9 Å². The summed E-state index contributed by atoms with van der Waals surface area (Å²) in [6.45, 7) is 5.18. The number of hydrogen-bond acceptors (Lipinski definition) is 5. The van der Waals surface area contributed by atoms with E-state index in [0.717, 1.165) is 12.8 Å². The maximum absolute atomic E-state index is 13.7. The molecule has 9 nitrogen and oxygen atoms in total. The molecule has 3 heterocycles. The van der Waals surface area contributed by atoms with Gasteiger partial charge >= 0.3 is 5.69 Å². The number of primary amides is 1. The average Bonchev–Trinajstić information content (AvgIpc) is 3.04. The number of imidazole rings is 1. The summed E-state index contributed by atoms with van der Waals surface area (Å²) in [4.78, 5) is 48.8. The van der Waals surface area contributed by atoms with Crippen molar-refractivity contribution in [3.8, 4) is 11.4 Å². The Morgan fingerprint density at radius 1 is 1.19 bits per heavy atom. The summed E-state index contributed by atoms with van der Waals surface area (Å²) in [5.74, 6) is -0.935. The molecule has 1 fully saturated rings. The molecule has 0 saturated carbocycles. The number of nitrogens with two attached hydrogens (primary N) is 1. The summed E-state index contributed by atoms with van der Waals surface area (Å²) in [7, 11) is 0. The molecule has 0 atom stereocenters. The van der Waals surface area contributed by atoms with Gasteiger partial charge in [0.2, 0.25) is 5.91 Å². The van der Waals surface area contributed by atoms with Gasteiger partial charge in [-0.1, -0.05) is 19.1 Å². The van der Waals surface area contributed by atoms with E-state index >= 15 is 0 Å². The third-order valence-electron chi connectivity index (χ3n) is 5.92. The highest BCUT2D eigenvalue weighted by atomic mass is 19.1. The van der Waals surface area contributed by atoms with Gasteiger partial charge in [-0.05, 0) is 37.8 Å². The molecular weight excluding hydrogens is 415 g/mol. The van der Waals surface area contributed by atoms with Crippen LogP contribution < -0.4 is 11.4 Å². The smallest absolute Gasteiger partial charge is 0.330 e. The fraction of sp³-hybridized carbons (Fsp3) is 0.409. The van der Waals surface area contributed by atoms with Gasteiger partial charge in [0.25, 0.3) is 5.91 Å². The second-order valence-corrected chi connectivity index (χ2v) is 8.12. The van der Waals surface area contributed by atoms with Crippen molar-refractivity contribution in [1.29, 1.82) is 0 Å². The van der Waals surface area contributed by atoms with Crippen molar-refractivity contribution >= 4 is 23.0 Å². The number of rotatable bonds is 5. The zero-order chi connectivity index (χ0) is 23.0. The Morgan fingerprint density at radius 3 is 2.53 bits per heavy atom. The Kier molecular flexibility index (Phi) is 5.77. The van der Waals surface area contributed by atoms with Crippen molar-refractivity contribution in [2.75, 3.05) is 13.1 Å². The normalized spacial score (nSPS) is 14.8. The van der Waals surface area contributed by atoms with Crippen molar-refractivity contribution in [2.24, 2.45) is 11.7 Å². The van der Waals surface area contributed by atoms with Crippen LogP contribution in [0.5, 0.6) is 0 Å². The lowest BCUT2D eigenvalue weighted by atomic mass is 9.99. The number of aryl methyl sites for hydroxylation is 1. The number of benzene rings is 1. The van der Waals surface area contributed by atoms with E-state index in [0.29, 0.717) is 24.6 Å². The quantitative estimate of drug-likeness (QED) is 0.649. The first kappa shape index (κ1) is 21.7. The molecule has 3 aromatic rings. The fourth-order valence-corrected chi connectivity index (χ4v) is 4.07. The van der Waals surface area contributed by atoms with Crippen molar-refractivity contribution in [3.63, 3.8) is 0 Å². The third kappa shape index (κ3) is 3.88. The number of carbonyl (C=O) groups excluding carboxylic acids is 2. The Hall–Kier alpha value is -3.56. The minimum absolute atomic E-state index is 0.0708. The topological polar surface area (TPSA) is 116 Å². The number of carbonyl (C=O) groups is 2. The molecule has 0 aliphatic carbocycles. The summed E-state index contributed by atoms with van der Waals surface area (Å²) in [5, 5.41) is 0. The SMILES string of the molecule is CCn1c(=O)n(CC(=O)N2CCC(C)CC2)c2c(C(N)=O)nc(-c3cccc(F)c3)nc21. The standard InChI is InChI=1S/C22H25FN6O3/c1-3-28-21-18(29(22(28)32)12-16(30)27-9-7-13(2)8-10-27)17(19(24)31)25-20(26-21)14-5-4-6-15(23)11-14/h4-6,11,13H,3,7-10,12H2,1-2H3,(H2,24,31). The monoisotopic (exact) mass is 440 g/mol. The summed E-state index contributed by atoms with van der Waals surface area (Å²) < 4.78 is 16.3. The molecule has 0 bridgehead atoms. The van der Waals surface area contributed by atoms with Crippen molar-refractivity contribution in [1.82, 2.24) is 24.0 Å². The Bertz CT molecular complexity index is 1260. The van der Waals surface area contributed by atoms with E-state index in [2.05, 4.69) is 16.9 Å². The minimum Gasteiger partial charge on any atom is -0.364 e. The van der Waals surface area contributed by atoms with Crippen molar-refractivity contribution < 1.29 is 14.0 Å². The Morgan fingerprint density at radius 2 is 1.91 bits per heavy atom. The van der Waals surface area contributed by atoms with Crippen molar-refractivity contribution in [3.05, 3.63) is 46.3 Å². The highest BCUT2D eigenvalue weighted by Gasteiger charge is 2.26. The number of aromatic nitrogens is 4. The van der Waals surface area contributed by atoms with E-state index in [-0.39, 0.29) is 41.7 Å². The lowest BCUT2D eigenvalue weighted by Crippen LogP contribution is -2.41. The van der Waals surface area contributed by atoms with E-state index in [1.165, 1.54) is 27.3 Å². The number of amides is 2.